The van der Waals surface area contributed by atoms with Gasteiger partial charge in [-0.1, -0.05) is 0 Å². The van der Waals surface area contributed by atoms with Crippen molar-refractivity contribution >= 4 is 17.3 Å². The van der Waals surface area contributed by atoms with Gasteiger partial charge in [-0.05, 0) is 31.4 Å². The van der Waals surface area contributed by atoms with Crippen LogP contribution in [0.25, 0.3) is 0 Å². The number of hydrogen-bond donors (Lipinski definition) is 1. The summed E-state index contributed by atoms with van der Waals surface area (Å²) in [5.41, 5.74) is 0.777. The van der Waals surface area contributed by atoms with Gasteiger partial charge in [0.05, 0.1) is 11.0 Å². The highest BCUT2D eigenvalue weighted by molar-refractivity contribution is 5.99. The van der Waals surface area contributed by atoms with Crippen molar-refractivity contribution < 1.29 is 9.72 Å². The fraction of sp³-hybridized carbons (Fsp3) is 0.462. The summed E-state index contributed by atoms with van der Waals surface area (Å²) in [5, 5.41) is 13.9. The van der Waals surface area contributed by atoms with Gasteiger partial charge in [0.2, 0.25) is 5.91 Å². The Kier molecular flexibility index (Phi) is 2.94. The lowest BCUT2D eigenvalue weighted by molar-refractivity contribution is -0.384. The second kappa shape index (κ2) is 4.62. The molecule has 0 aromatic heterocycles. The number of non-ortho nitro benzene ring substituents is 1. The van der Waals surface area contributed by atoms with Gasteiger partial charge < -0.3 is 10.2 Å². The number of anilines is 1. The molecule has 100 valence electrons. The van der Waals surface area contributed by atoms with Gasteiger partial charge >= 0.3 is 0 Å². The molecule has 1 atom stereocenters. The number of nitro groups is 1. The maximum atomic E-state index is 12.2. The molecule has 1 amide bonds. The highest BCUT2D eigenvalue weighted by Gasteiger charge is 2.36. The highest BCUT2D eigenvalue weighted by Crippen LogP contribution is 2.26. The number of rotatable bonds is 4. The summed E-state index contributed by atoms with van der Waals surface area (Å²) < 4.78 is 0. The summed E-state index contributed by atoms with van der Waals surface area (Å²) in [6.45, 7) is 0.668. The largest absolute Gasteiger partial charge is 0.311 e. The van der Waals surface area contributed by atoms with E-state index in [1.54, 1.807) is 17.0 Å². The molecule has 6 heteroatoms. The van der Waals surface area contributed by atoms with Crippen molar-refractivity contribution in [3.63, 3.8) is 0 Å². The third kappa shape index (κ3) is 2.44. The molecule has 6 nitrogen and oxygen atoms in total. The van der Waals surface area contributed by atoms with E-state index in [9.17, 15) is 14.9 Å². The molecule has 3 rings (SSSR count). The molecule has 1 saturated heterocycles. The van der Waals surface area contributed by atoms with E-state index in [-0.39, 0.29) is 17.6 Å². The Morgan fingerprint density at radius 2 is 1.89 bits per heavy atom. The number of carbonyl (C=O) groups is 1. The molecule has 1 saturated carbocycles. The number of carbonyl (C=O) groups excluding carboxylic acids is 1. The predicted octanol–water partition coefficient (Wildman–Crippen LogP) is 1.45. The van der Waals surface area contributed by atoms with Crippen LogP contribution in [0.15, 0.2) is 24.3 Å². The molecule has 1 heterocycles. The van der Waals surface area contributed by atoms with Gasteiger partial charge in [0, 0.05) is 30.4 Å². The molecule has 19 heavy (non-hydrogen) atoms. The third-order valence-corrected chi connectivity index (χ3v) is 3.59. The van der Waals surface area contributed by atoms with Crippen LogP contribution in [0.5, 0.6) is 0 Å². The molecule has 1 N–H and O–H groups in total. The smallest absolute Gasteiger partial charge is 0.269 e. The first kappa shape index (κ1) is 12.1. The maximum absolute atomic E-state index is 12.2. The topological polar surface area (TPSA) is 75.5 Å². The first-order valence-corrected chi connectivity index (χ1v) is 6.47. The highest BCUT2D eigenvalue weighted by atomic mass is 16.6. The zero-order valence-electron chi connectivity index (χ0n) is 10.4. The molecule has 1 aliphatic carbocycles. The SMILES string of the molecule is O=C1C(NC2CC2)CCN1c1ccc([N+](=O)[O-])cc1. The lowest BCUT2D eigenvalue weighted by Gasteiger charge is -2.17. The van der Waals surface area contributed by atoms with E-state index in [0.29, 0.717) is 12.6 Å². The van der Waals surface area contributed by atoms with Crippen molar-refractivity contribution in [1.29, 1.82) is 0 Å². The van der Waals surface area contributed by atoms with Gasteiger partial charge in [-0.3, -0.25) is 14.9 Å². The van der Waals surface area contributed by atoms with E-state index in [2.05, 4.69) is 5.32 Å². The van der Waals surface area contributed by atoms with Crippen molar-refractivity contribution in [2.75, 3.05) is 11.4 Å². The molecule has 1 aliphatic heterocycles. The first-order valence-electron chi connectivity index (χ1n) is 6.47. The zero-order valence-corrected chi connectivity index (χ0v) is 10.4. The van der Waals surface area contributed by atoms with Gasteiger partial charge in [0.15, 0.2) is 0 Å². The van der Waals surface area contributed by atoms with E-state index >= 15 is 0 Å². The van der Waals surface area contributed by atoms with E-state index in [4.69, 9.17) is 0 Å². The second-order valence-electron chi connectivity index (χ2n) is 5.05. The average Bonchev–Trinajstić information content (AvgIpc) is 3.15. The minimum Gasteiger partial charge on any atom is -0.311 e. The number of nitrogens with zero attached hydrogens (tertiary/aromatic N) is 2. The molecule has 0 spiro atoms. The molecular formula is C13H15N3O3. The Bertz CT molecular complexity index is 510. The molecule has 1 aromatic rings. The van der Waals surface area contributed by atoms with E-state index < -0.39 is 4.92 Å². The Hall–Kier alpha value is -1.95. The molecule has 0 bridgehead atoms. The van der Waals surface area contributed by atoms with Crippen LogP contribution in [-0.2, 0) is 4.79 Å². The maximum Gasteiger partial charge on any atom is 0.269 e. The fourth-order valence-corrected chi connectivity index (χ4v) is 2.38. The van der Waals surface area contributed by atoms with Crippen LogP contribution in [0.1, 0.15) is 19.3 Å². The summed E-state index contributed by atoms with van der Waals surface area (Å²) in [7, 11) is 0. The van der Waals surface area contributed by atoms with Gasteiger partial charge in [0.1, 0.15) is 0 Å². The summed E-state index contributed by atoms with van der Waals surface area (Å²) in [6, 6.07) is 6.55. The minimum atomic E-state index is -0.437. The quantitative estimate of drug-likeness (QED) is 0.657. The van der Waals surface area contributed by atoms with Gasteiger partial charge in [0.25, 0.3) is 5.69 Å². The van der Waals surface area contributed by atoms with Crippen LogP contribution in [0.4, 0.5) is 11.4 Å². The van der Waals surface area contributed by atoms with Crippen LogP contribution in [0.3, 0.4) is 0 Å². The first-order chi connectivity index (χ1) is 9.15. The van der Waals surface area contributed by atoms with Crippen molar-refractivity contribution in [1.82, 2.24) is 5.32 Å². The van der Waals surface area contributed by atoms with Gasteiger partial charge in [-0.15, -0.1) is 0 Å². The number of nitro benzene ring substituents is 1. The lowest BCUT2D eigenvalue weighted by Crippen LogP contribution is -2.39. The Labute approximate surface area is 110 Å². The number of benzene rings is 1. The molecule has 2 fully saturated rings. The van der Waals surface area contributed by atoms with Crippen molar-refractivity contribution in [3.05, 3.63) is 34.4 Å². The standard InChI is InChI=1S/C13H15N3O3/c17-13-12(14-9-1-2-9)7-8-15(13)10-3-5-11(6-4-10)16(18)19/h3-6,9,12,14H,1-2,7-8H2. The molecule has 1 aromatic carbocycles. The van der Waals surface area contributed by atoms with Crippen LogP contribution < -0.4 is 10.2 Å². The van der Waals surface area contributed by atoms with E-state index in [1.807, 2.05) is 0 Å². The van der Waals surface area contributed by atoms with E-state index in [0.717, 1.165) is 24.9 Å². The number of nitrogens with one attached hydrogen (secondary N) is 1. The zero-order chi connectivity index (χ0) is 13.4. The summed E-state index contributed by atoms with van der Waals surface area (Å²) in [4.78, 5) is 24.1. The monoisotopic (exact) mass is 261 g/mol. The minimum absolute atomic E-state index is 0.0445. The van der Waals surface area contributed by atoms with Crippen LogP contribution in [0, 0.1) is 10.1 Å². The van der Waals surface area contributed by atoms with Crippen LogP contribution in [-0.4, -0.2) is 29.5 Å². The van der Waals surface area contributed by atoms with Crippen LogP contribution >= 0.6 is 0 Å². The summed E-state index contributed by atoms with van der Waals surface area (Å²) in [6.07, 6.45) is 3.11. The molecule has 0 radical (unpaired) electrons. The third-order valence-electron chi connectivity index (χ3n) is 3.59. The average molecular weight is 261 g/mol. The van der Waals surface area contributed by atoms with E-state index in [1.165, 1.54) is 12.1 Å². The molecule has 2 aliphatic rings. The molecular weight excluding hydrogens is 246 g/mol. The predicted molar refractivity (Wildman–Crippen MR) is 70.0 cm³/mol. The van der Waals surface area contributed by atoms with Gasteiger partial charge in [-0.25, -0.2) is 0 Å². The Balaban J connectivity index is 1.71. The van der Waals surface area contributed by atoms with Crippen LogP contribution in [0.2, 0.25) is 0 Å². The fourth-order valence-electron chi connectivity index (χ4n) is 2.38. The summed E-state index contributed by atoms with van der Waals surface area (Å²) >= 11 is 0. The number of amides is 1. The lowest BCUT2D eigenvalue weighted by atomic mass is 10.2. The normalized spacial score (nSPS) is 22.8. The Morgan fingerprint density at radius 1 is 1.21 bits per heavy atom. The van der Waals surface area contributed by atoms with Crippen molar-refractivity contribution in [2.24, 2.45) is 0 Å². The van der Waals surface area contributed by atoms with Crippen molar-refractivity contribution in [2.45, 2.75) is 31.3 Å². The molecule has 1 unspecified atom stereocenters. The summed E-state index contributed by atoms with van der Waals surface area (Å²) in [5.74, 6) is 0.0701. The van der Waals surface area contributed by atoms with Gasteiger partial charge in [-0.2, -0.15) is 0 Å². The second-order valence-corrected chi connectivity index (χ2v) is 5.05. The Morgan fingerprint density at radius 3 is 2.47 bits per heavy atom. The van der Waals surface area contributed by atoms with Crippen molar-refractivity contribution in [3.8, 4) is 0 Å². The number of hydrogen-bond acceptors (Lipinski definition) is 4.